The van der Waals surface area contributed by atoms with E-state index in [0.29, 0.717) is 0 Å². The zero-order valence-corrected chi connectivity index (χ0v) is 17.6. The maximum absolute atomic E-state index is 13.6. The maximum Gasteiger partial charge on any atom is 0.273 e. The van der Waals surface area contributed by atoms with Crippen molar-refractivity contribution < 1.29 is 39.7 Å². The SMILES string of the molecule is CN(C)[C@@H]1C(=O)C(C(N)=O)=C(O)[C@@]2(O)C(=O)C3=C(O)c4c(O)ccc([N+](=O)[O-])c4CC3C[C@@H]12. The first kappa shape index (κ1) is 22.4. The number of primary amides is 1. The number of phenolic OH excluding ortho intramolecular Hbond substituents is 1. The Bertz CT molecular complexity index is 1220. The number of phenols is 1. The summed E-state index contributed by atoms with van der Waals surface area (Å²) in [6.07, 6.45) is -0.280. The Hall–Kier alpha value is -3.77. The quantitative estimate of drug-likeness (QED) is 0.230. The van der Waals surface area contributed by atoms with E-state index < -0.39 is 68.7 Å². The number of carbonyl (C=O) groups is 3. The number of nitrogens with zero attached hydrogens (tertiary/aromatic N) is 2. The number of hydrogen-bond donors (Lipinski definition) is 5. The molecule has 0 spiro atoms. The lowest BCUT2D eigenvalue weighted by atomic mass is 9.57. The summed E-state index contributed by atoms with van der Waals surface area (Å²) in [5, 5.41) is 54.8. The number of likely N-dealkylation sites (N-methyl/N-ethyl adjacent to an activating group) is 1. The third-order valence-corrected chi connectivity index (χ3v) is 6.78. The third-order valence-electron chi connectivity index (χ3n) is 6.78. The van der Waals surface area contributed by atoms with Crippen LogP contribution in [0, 0.1) is 22.0 Å². The highest BCUT2D eigenvalue weighted by molar-refractivity contribution is 6.24. The molecule has 1 saturated carbocycles. The molecule has 1 fully saturated rings. The number of aliphatic hydroxyl groups excluding tert-OH is 2. The van der Waals surface area contributed by atoms with Gasteiger partial charge in [0.15, 0.2) is 11.4 Å². The van der Waals surface area contributed by atoms with Gasteiger partial charge in [-0.05, 0) is 38.9 Å². The van der Waals surface area contributed by atoms with Gasteiger partial charge in [-0.2, -0.15) is 0 Å². The highest BCUT2D eigenvalue weighted by atomic mass is 16.6. The van der Waals surface area contributed by atoms with Crippen molar-refractivity contribution in [2.24, 2.45) is 17.6 Å². The summed E-state index contributed by atoms with van der Waals surface area (Å²) >= 11 is 0. The van der Waals surface area contributed by atoms with Gasteiger partial charge >= 0.3 is 0 Å². The molecule has 1 amide bonds. The van der Waals surface area contributed by atoms with Crippen LogP contribution in [0.25, 0.3) is 5.76 Å². The fraction of sp³-hybridized carbons (Fsp3) is 0.381. The summed E-state index contributed by atoms with van der Waals surface area (Å²) in [6.45, 7) is 0. The molecule has 0 heterocycles. The van der Waals surface area contributed by atoms with Gasteiger partial charge in [0.2, 0.25) is 5.78 Å². The van der Waals surface area contributed by atoms with Crippen molar-refractivity contribution in [2.45, 2.75) is 24.5 Å². The number of aromatic hydroxyl groups is 1. The van der Waals surface area contributed by atoms with E-state index in [1.807, 2.05) is 0 Å². The summed E-state index contributed by atoms with van der Waals surface area (Å²) in [5.74, 6) is -7.96. The van der Waals surface area contributed by atoms with Crippen molar-refractivity contribution in [3.63, 3.8) is 0 Å². The van der Waals surface area contributed by atoms with Gasteiger partial charge in [0.25, 0.3) is 11.6 Å². The van der Waals surface area contributed by atoms with Gasteiger partial charge in [0.05, 0.1) is 16.5 Å². The van der Waals surface area contributed by atoms with E-state index in [4.69, 9.17) is 5.73 Å². The summed E-state index contributed by atoms with van der Waals surface area (Å²) in [7, 11) is 2.96. The number of carbonyl (C=O) groups excluding carboxylic acids is 3. The Balaban J connectivity index is 2.00. The van der Waals surface area contributed by atoms with Crippen molar-refractivity contribution in [1.82, 2.24) is 4.90 Å². The zero-order valence-electron chi connectivity index (χ0n) is 17.6. The van der Waals surface area contributed by atoms with Crippen LogP contribution in [0.3, 0.4) is 0 Å². The Morgan fingerprint density at radius 1 is 1.24 bits per heavy atom. The predicted octanol–water partition coefficient (Wildman–Crippen LogP) is -0.128. The largest absolute Gasteiger partial charge is 0.508 e. The van der Waals surface area contributed by atoms with Gasteiger partial charge in [-0.15, -0.1) is 0 Å². The smallest absolute Gasteiger partial charge is 0.273 e. The number of benzene rings is 1. The molecule has 0 aliphatic heterocycles. The molecule has 0 radical (unpaired) electrons. The van der Waals surface area contributed by atoms with Gasteiger partial charge in [0, 0.05) is 23.1 Å². The normalized spacial score (nSPS) is 29.0. The minimum atomic E-state index is -2.75. The Kier molecular flexibility index (Phi) is 4.84. The number of fused-ring (bicyclic) bond motifs is 3. The van der Waals surface area contributed by atoms with Gasteiger partial charge < -0.3 is 26.2 Å². The second kappa shape index (κ2) is 7.12. The predicted molar refractivity (Wildman–Crippen MR) is 111 cm³/mol. The minimum Gasteiger partial charge on any atom is -0.508 e. The average Bonchev–Trinajstić information content (AvgIpc) is 2.70. The van der Waals surface area contributed by atoms with E-state index in [9.17, 15) is 44.9 Å². The van der Waals surface area contributed by atoms with E-state index >= 15 is 0 Å². The van der Waals surface area contributed by atoms with Gasteiger partial charge in [-0.3, -0.25) is 29.4 Å². The molecule has 0 saturated heterocycles. The molecule has 174 valence electrons. The van der Waals surface area contributed by atoms with Crippen LogP contribution >= 0.6 is 0 Å². The third kappa shape index (κ3) is 2.80. The molecule has 4 rings (SSSR count). The zero-order chi connectivity index (χ0) is 24.6. The van der Waals surface area contributed by atoms with Crippen molar-refractivity contribution in [3.8, 4) is 5.75 Å². The average molecular weight is 459 g/mol. The second-order valence-corrected chi connectivity index (χ2v) is 8.68. The van der Waals surface area contributed by atoms with Crippen molar-refractivity contribution >= 4 is 28.9 Å². The molecule has 1 aromatic carbocycles. The first-order chi connectivity index (χ1) is 15.3. The molecule has 0 aromatic heterocycles. The Labute approximate surface area is 186 Å². The summed E-state index contributed by atoms with van der Waals surface area (Å²) < 4.78 is 0. The standard InChI is InChI=1S/C21H21N3O9/c1-23(2)15-9-6-7-5-8-10(24(32)33)3-4-11(25)13(8)16(26)12(7)18(28)21(9,31)19(29)14(17(15)27)20(22)30/h3-4,7,9,15,25-26,29,31H,5-6H2,1-2H3,(H2,22,30)/t7?,9-,15-,21-/m0/s1. The fourth-order valence-electron chi connectivity index (χ4n) is 5.40. The number of Topliss-reactive ketones (excluding diaryl/α,β-unsaturated/α-hetero) is 2. The number of nitro benzene ring substituents is 1. The Morgan fingerprint density at radius 2 is 1.88 bits per heavy atom. The van der Waals surface area contributed by atoms with Crippen LogP contribution in [-0.4, -0.2) is 73.5 Å². The lowest BCUT2D eigenvalue weighted by molar-refractivity contribution is -0.385. The molecule has 1 aromatic rings. The van der Waals surface area contributed by atoms with Crippen LogP contribution in [0.5, 0.6) is 5.75 Å². The van der Waals surface area contributed by atoms with Crippen LogP contribution in [0.1, 0.15) is 17.5 Å². The van der Waals surface area contributed by atoms with Gasteiger partial charge in [-0.25, -0.2) is 0 Å². The molecule has 6 N–H and O–H groups in total. The van der Waals surface area contributed by atoms with E-state index in [-0.39, 0.29) is 35.2 Å². The highest BCUT2D eigenvalue weighted by Gasteiger charge is 2.64. The van der Waals surface area contributed by atoms with Crippen molar-refractivity contribution in [3.05, 3.63) is 50.3 Å². The molecular weight excluding hydrogens is 438 g/mol. The summed E-state index contributed by atoms with van der Waals surface area (Å²) in [5.41, 5.74) is 0.543. The number of amides is 1. The van der Waals surface area contributed by atoms with Crippen LogP contribution in [-0.2, 0) is 20.8 Å². The molecule has 3 aliphatic carbocycles. The minimum absolute atomic E-state index is 0.00520. The lowest BCUT2D eigenvalue weighted by Gasteiger charge is -2.50. The number of nitro groups is 1. The fourth-order valence-corrected chi connectivity index (χ4v) is 5.40. The first-order valence-electron chi connectivity index (χ1n) is 9.98. The number of hydrogen-bond acceptors (Lipinski definition) is 10. The molecule has 12 nitrogen and oxygen atoms in total. The molecule has 0 bridgehead atoms. The van der Waals surface area contributed by atoms with E-state index in [0.717, 1.165) is 12.1 Å². The van der Waals surface area contributed by atoms with E-state index in [1.165, 1.54) is 19.0 Å². The van der Waals surface area contributed by atoms with E-state index in [2.05, 4.69) is 0 Å². The van der Waals surface area contributed by atoms with Gasteiger partial charge in [0.1, 0.15) is 22.8 Å². The van der Waals surface area contributed by atoms with Crippen molar-refractivity contribution in [2.75, 3.05) is 14.1 Å². The summed E-state index contributed by atoms with van der Waals surface area (Å²) in [4.78, 5) is 50.6. The molecular formula is C21H21N3O9. The first-order valence-corrected chi connectivity index (χ1v) is 9.98. The monoisotopic (exact) mass is 459 g/mol. The topological polar surface area (TPSA) is 205 Å². The summed E-state index contributed by atoms with van der Waals surface area (Å²) in [6, 6.07) is 0.859. The molecule has 1 unspecified atom stereocenters. The number of aliphatic hydroxyl groups is 3. The van der Waals surface area contributed by atoms with E-state index in [1.54, 1.807) is 0 Å². The highest BCUT2D eigenvalue weighted by Crippen LogP contribution is 2.53. The van der Waals surface area contributed by atoms with Crippen LogP contribution in [0.4, 0.5) is 5.69 Å². The lowest BCUT2D eigenvalue weighted by Crippen LogP contribution is -2.65. The maximum atomic E-state index is 13.6. The van der Waals surface area contributed by atoms with Crippen LogP contribution < -0.4 is 5.73 Å². The van der Waals surface area contributed by atoms with Gasteiger partial charge in [-0.1, -0.05) is 0 Å². The molecule has 3 aliphatic rings. The molecule has 4 atom stereocenters. The molecule has 12 heteroatoms. The van der Waals surface area contributed by atoms with Crippen LogP contribution in [0.2, 0.25) is 0 Å². The number of ketones is 2. The molecule has 33 heavy (non-hydrogen) atoms. The number of nitrogens with two attached hydrogens (primary N) is 1. The Morgan fingerprint density at radius 3 is 2.42 bits per heavy atom. The second-order valence-electron chi connectivity index (χ2n) is 8.68. The van der Waals surface area contributed by atoms with Crippen molar-refractivity contribution in [1.29, 1.82) is 0 Å². The number of rotatable bonds is 3. The van der Waals surface area contributed by atoms with Crippen LogP contribution in [0.15, 0.2) is 29.0 Å².